The van der Waals surface area contributed by atoms with Gasteiger partial charge in [-0.25, -0.2) is 0 Å². The normalized spacial score (nSPS) is 20.7. The van der Waals surface area contributed by atoms with Crippen LogP contribution in [-0.4, -0.2) is 40.5 Å². The quantitative estimate of drug-likeness (QED) is 0.869. The van der Waals surface area contributed by atoms with Crippen LogP contribution in [0.3, 0.4) is 0 Å². The predicted octanol–water partition coefficient (Wildman–Crippen LogP) is 3.41. The molecule has 1 N–H and O–H groups in total. The van der Waals surface area contributed by atoms with E-state index in [-0.39, 0.29) is 29.5 Å². The van der Waals surface area contributed by atoms with E-state index in [9.17, 15) is 9.59 Å². The summed E-state index contributed by atoms with van der Waals surface area (Å²) in [6, 6.07) is 4.98. The molecule has 0 radical (unpaired) electrons. The number of hydrogen-bond acceptors (Lipinski definition) is 5. The van der Waals surface area contributed by atoms with Gasteiger partial charge in [0.1, 0.15) is 6.04 Å². The summed E-state index contributed by atoms with van der Waals surface area (Å²) >= 11 is 1.53. The molecule has 7 heteroatoms. The maximum absolute atomic E-state index is 13.1. The smallest absolute Gasteiger partial charge is 0.276 e. The molecule has 1 saturated heterocycles. The Morgan fingerprint density at radius 2 is 2.19 bits per heavy atom. The highest BCUT2D eigenvalue weighted by Gasteiger charge is 2.39. The van der Waals surface area contributed by atoms with Crippen LogP contribution in [0, 0.1) is 11.8 Å². The van der Waals surface area contributed by atoms with E-state index in [1.165, 1.54) is 11.3 Å². The lowest BCUT2D eigenvalue weighted by Crippen LogP contribution is -2.63. The van der Waals surface area contributed by atoms with E-state index in [0.29, 0.717) is 24.6 Å². The second-order valence-electron chi connectivity index (χ2n) is 7.52. The summed E-state index contributed by atoms with van der Waals surface area (Å²) in [7, 11) is 0. The molecule has 3 heterocycles. The van der Waals surface area contributed by atoms with Gasteiger partial charge in [0.2, 0.25) is 5.91 Å². The SMILES string of the molecule is CC(C)C[C@H]1C(=O)N[C@@H](C(C)C)CN1C(=O)c1cc(-c2cccs2)on1. The Morgan fingerprint density at radius 3 is 2.81 bits per heavy atom. The van der Waals surface area contributed by atoms with Crippen molar-refractivity contribution < 1.29 is 14.1 Å². The predicted molar refractivity (Wildman–Crippen MR) is 101 cm³/mol. The van der Waals surface area contributed by atoms with Crippen LogP contribution in [0.4, 0.5) is 0 Å². The lowest BCUT2D eigenvalue weighted by molar-refractivity contribution is -0.130. The Kier molecular flexibility index (Phi) is 5.46. The number of nitrogens with one attached hydrogen (secondary N) is 1. The molecule has 0 saturated carbocycles. The first-order valence-corrected chi connectivity index (χ1v) is 9.86. The van der Waals surface area contributed by atoms with Gasteiger partial charge in [-0.3, -0.25) is 9.59 Å². The summed E-state index contributed by atoms with van der Waals surface area (Å²) in [5.41, 5.74) is 0.249. The Morgan fingerprint density at radius 1 is 1.42 bits per heavy atom. The van der Waals surface area contributed by atoms with Crippen LogP contribution in [0.1, 0.15) is 44.6 Å². The van der Waals surface area contributed by atoms with Crippen LogP contribution < -0.4 is 5.32 Å². The second-order valence-corrected chi connectivity index (χ2v) is 8.46. The van der Waals surface area contributed by atoms with Crippen LogP contribution in [0.25, 0.3) is 10.6 Å². The minimum atomic E-state index is -0.473. The number of thiophene rings is 1. The number of nitrogens with zero attached hydrogens (tertiary/aromatic N) is 2. The van der Waals surface area contributed by atoms with Gasteiger partial charge < -0.3 is 14.7 Å². The van der Waals surface area contributed by atoms with Gasteiger partial charge in [0.15, 0.2) is 11.5 Å². The fraction of sp³-hybridized carbons (Fsp3) is 0.526. The van der Waals surface area contributed by atoms with E-state index in [1.54, 1.807) is 11.0 Å². The Labute approximate surface area is 157 Å². The van der Waals surface area contributed by atoms with Crippen molar-refractivity contribution in [3.05, 3.63) is 29.3 Å². The third-order valence-electron chi connectivity index (χ3n) is 4.65. The molecule has 26 heavy (non-hydrogen) atoms. The molecule has 0 spiro atoms. The summed E-state index contributed by atoms with van der Waals surface area (Å²) < 4.78 is 5.35. The van der Waals surface area contributed by atoms with Crippen LogP contribution in [0.2, 0.25) is 0 Å². The van der Waals surface area contributed by atoms with E-state index in [1.807, 2.05) is 31.4 Å². The topological polar surface area (TPSA) is 75.4 Å². The molecular formula is C19H25N3O3S. The average Bonchev–Trinajstić information content (AvgIpc) is 3.26. The Bertz CT molecular complexity index is 767. The fourth-order valence-electron chi connectivity index (χ4n) is 3.15. The molecule has 2 atom stereocenters. The van der Waals surface area contributed by atoms with Crippen molar-refractivity contribution in [2.75, 3.05) is 6.54 Å². The van der Waals surface area contributed by atoms with E-state index in [2.05, 4.69) is 24.3 Å². The molecule has 0 aromatic carbocycles. The highest BCUT2D eigenvalue weighted by atomic mass is 32.1. The van der Waals surface area contributed by atoms with Crippen LogP contribution in [-0.2, 0) is 4.79 Å². The number of carbonyl (C=O) groups excluding carboxylic acids is 2. The number of carbonyl (C=O) groups is 2. The molecule has 0 aliphatic carbocycles. The maximum Gasteiger partial charge on any atom is 0.276 e. The van der Waals surface area contributed by atoms with Crippen molar-refractivity contribution in [1.82, 2.24) is 15.4 Å². The molecule has 2 aromatic rings. The lowest BCUT2D eigenvalue weighted by Gasteiger charge is -2.41. The van der Waals surface area contributed by atoms with Crippen molar-refractivity contribution in [1.29, 1.82) is 0 Å². The van der Waals surface area contributed by atoms with E-state index in [0.717, 1.165) is 4.88 Å². The molecule has 3 rings (SSSR count). The number of hydrogen-bond donors (Lipinski definition) is 1. The molecule has 2 aromatic heterocycles. The summed E-state index contributed by atoms with van der Waals surface area (Å²) in [5.74, 6) is 0.788. The molecule has 1 aliphatic rings. The summed E-state index contributed by atoms with van der Waals surface area (Å²) in [4.78, 5) is 28.3. The zero-order valence-electron chi connectivity index (χ0n) is 15.6. The van der Waals surface area contributed by atoms with Gasteiger partial charge in [-0.05, 0) is 29.7 Å². The average molecular weight is 375 g/mol. The van der Waals surface area contributed by atoms with Crippen LogP contribution in [0.15, 0.2) is 28.1 Å². The zero-order valence-corrected chi connectivity index (χ0v) is 16.4. The first kappa shape index (κ1) is 18.6. The van der Waals surface area contributed by atoms with Crippen LogP contribution in [0.5, 0.6) is 0 Å². The minimum Gasteiger partial charge on any atom is -0.355 e. The first-order chi connectivity index (χ1) is 12.4. The van der Waals surface area contributed by atoms with Gasteiger partial charge in [0.05, 0.1) is 4.88 Å². The van der Waals surface area contributed by atoms with E-state index < -0.39 is 6.04 Å². The van der Waals surface area contributed by atoms with Gasteiger partial charge >= 0.3 is 0 Å². The standard InChI is InChI=1S/C19H25N3O3S/c1-11(2)8-15-18(23)20-14(12(3)4)10-22(15)19(24)13-9-16(25-21-13)17-6-5-7-26-17/h5-7,9,11-12,14-15H,8,10H2,1-4H3,(H,20,23)/t14-,15+/m1/s1. The highest BCUT2D eigenvalue weighted by molar-refractivity contribution is 7.13. The summed E-state index contributed by atoms with van der Waals surface area (Å²) in [6.45, 7) is 8.68. The van der Waals surface area contributed by atoms with Crippen molar-refractivity contribution >= 4 is 23.2 Å². The minimum absolute atomic E-state index is 0.0569. The van der Waals surface area contributed by atoms with Gasteiger partial charge in [-0.1, -0.05) is 38.9 Å². The van der Waals surface area contributed by atoms with E-state index in [4.69, 9.17) is 4.52 Å². The number of rotatable bonds is 5. The van der Waals surface area contributed by atoms with Gasteiger partial charge in [-0.15, -0.1) is 11.3 Å². The Balaban J connectivity index is 1.86. The molecule has 0 bridgehead atoms. The number of piperazine rings is 1. The molecule has 6 nitrogen and oxygen atoms in total. The monoisotopic (exact) mass is 375 g/mol. The van der Waals surface area contributed by atoms with Gasteiger partial charge in [0.25, 0.3) is 5.91 Å². The molecular weight excluding hydrogens is 350 g/mol. The zero-order chi connectivity index (χ0) is 18.8. The van der Waals surface area contributed by atoms with E-state index >= 15 is 0 Å². The highest BCUT2D eigenvalue weighted by Crippen LogP contribution is 2.27. The second kappa shape index (κ2) is 7.61. The van der Waals surface area contributed by atoms with Crippen molar-refractivity contribution in [3.8, 4) is 10.6 Å². The maximum atomic E-state index is 13.1. The Hall–Kier alpha value is -2.15. The molecule has 1 aliphatic heterocycles. The summed E-state index contributed by atoms with van der Waals surface area (Å²) in [5, 5.41) is 8.97. The third kappa shape index (κ3) is 3.82. The number of amides is 2. The first-order valence-electron chi connectivity index (χ1n) is 8.98. The molecule has 140 valence electrons. The molecule has 2 amide bonds. The lowest BCUT2D eigenvalue weighted by atomic mass is 9.94. The van der Waals surface area contributed by atoms with Crippen molar-refractivity contribution in [2.24, 2.45) is 11.8 Å². The fourth-order valence-corrected chi connectivity index (χ4v) is 3.82. The van der Waals surface area contributed by atoms with Gasteiger partial charge in [0, 0.05) is 18.7 Å². The molecule has 0 unspecified atom stereocenters. The van der Waals surface area contributed by atoms with Crippen LogP contribution >= 0.6 is 11.3 Å². The van der Waals surface area contributed by atoms with Gasteiger partial charge in [-0.2, -0.15) is 0 Å². The third-order valence-corrected chi connectivity index (χ3v) is 5.54. The van der Waals surface area contributed by atoms with Crippen molar-refractivity contribution in [2.45, 2.75) is 46.2 Å². The number of aromatic nitrogens is 1. The largest absolute Gasteiger partial charge is 0.355 e. The molecule has 1 fully saturated rings. The van der Waals surface area contributed by atoms with Crippen molar-refractivity contribution in [3.63, 3.8) is 0 Å². The summed E-state index contributed by atoms with van der Waals surface area (Å²) in [6.07, 6.45) is 0.623.